The first-order chi connectivity index (χ1) is 18.6. The Balaban J connectivity index is 1.18. The van der Waals surface area contributed by atoms with Crippen molar-refractivity contribution in [1.29, 1.82) is 0 Å². The second-order valence-corrected chi connectivity index (χ2v) is 9.72. The number of phenolic OH excluding ortho intramolecular Hbond substituents is 1. The van der Waals surface area contributed by atoms with Crippen LogP contribution in [0.25, 0.3) is 22.6 Å². The SMILES string of the molecule is Oc1ccccc1-c1nc(N2CCOCC2)c2nnn(CCN3CCN(Cc4cccc(F)c4)CC3)c2n1. The van der Waals surface area contributed by atoms with Crippen LogP contribution in [0.3, 0.4) is 0 Å². The molecule has 6 rings (SSSR count). The molecular formula is C27H31FN8O2. The molecule has 4 aromatic rings. The smallest absolute Gasteiger partial charge is 0.184 e. The number of morpholine rings is 1. The summed E-state index contributed by atoms with van der Waals surface area (Å²) in [5.41, 5.74) is 2.89. The second kappa shape index (κ2) is 11.0. The minimum Gasteiger partial charge on any atom is -0.507 e. The van der Waals surface area contributed by atoms with E-state index < -0.39 is 0 Å². The summed E-state index contributed by atoms with van der Waals surface area (Å²) in [6.07, 6.45) is 0. The molecule has 198 valence electrons. The van der Waals surface area contributed by atoms with Gasteiger partial charge in [0.25, 0.3) is 0 Å². The lowest BCUT2D eigenvalue weighted by Gasteiger charge is -2.34. The molecule has 0 bridgehead atoms. The zero-order chi connectivity index (χ0) is 25.9. The summed E-state index contributed by atoms with van der Waals surface area (Å²) in [6, 6.07) is 13.9. The van der Waals surface area contributed by atoms with Gasteiger partial charge < -0.3 is 14.7 Å². The van der Waals surface area contributed by atoms with E-state index in [-0.39, 0.29) is 11.6 Å². The van der Waals surface area contributed by atoms with Crippen LogP contribution in [-0.2, 0) is 17.8 Å². The number of para-hydroxylation sites is 1. The highest BCUT2D eigenvalue weighted by atomic mass is 19.1. The Morgan fingerprint density at radius 2 is 1.66 bits per heavy atom. The van der Waals surface area contributed by atoms with E-state index in [1.54, 1.807) is 24.3 Å². The van der Waals surface area contributed by atoms with Crippen molar-refractivity contribution in [3.05, 3.63) is 59.9 Å². The molecule has 1 N–H and O–H groups in total. The van der Waals surface area contributed by atoms with Gasteiger partial charge in [-0.25, -0.2) is 19.0 Å². The number of benzene rings is 2. The van der Waals surface area contributed by atoms with E-state index in [2.05, 4.69) is 25.0 Å². The molecule has 0 radical (unpaired) electrons. The van der Waals surface area contributed by atoms with E-state index >= 15 is 0 Å². The lowest BCUT2D eigenvalue weighted by atomic mass is 10.2. The third-order valence-corrected chi connectivity index (χ3v) is 7.19. The number of aromatic hydroxyl groups is 1. The van der Waals surface area contributed by atoms with Gasteiger partial charge in [-0.3, -0.25) is 9.80 Å². The Morgan fingerprint density at radius 3 is 2.45 bits per heavy atom. The van der Waals surface area contributed by atoms with Crippen LogP contribution in [0.4, 0.5) is 10.2 Å². The Bertz CT molecular complexity index is 1400. The highest BCUT2D eigenvalue weighted by molar-refractivity contribution is 5.85. The fraction of sp³-hybridized carbons (Fsp3) is 0.407. The van der Waals surface area contributed by atoms with Crippen LogP contribution in [0, 0.1) is 5.82 Å². The number of hydrogen-bond donors (Lipinski definition) is 1. The van der Waals surface area contributed by atoms with Gasteiger partial charge in [0.1, 0.15) is 11.6 Å². The fourth-order valence-corrected chi connectivity index (χ4v) is 5.07. The molecule has 0 amide bonds. The van der Waals surface area contributed by atoms with E-state index in [0.717, 1.165) is 44.8 Å². The molecule has 0 atom stereocenters. The molecular weight excluding hydrogens is 487 g/mol. The van der Waals surface area contributed by atoms with Crippen LogP contribution >= 0.6 is 0 Å². The van der Waals surface area contributed by atoms with Crippen molar-refractivity contribution in [2.45, 2.75) is 13.1 Å². The number of hydrogen-bond acceptors (Lipinski definition) is 9. The van der Waals surface area contributed by atoms with Crippen molar-refractivity contribution >= 4 is 17.0 Å². The molecule has 2 aromatic heterocycles. The Morgan fingerprint density at radius 1 is 0.868 bits per heavy atom. The summed E-state index contributed by atoms with van der Waals surface area (Å²) in [5, 5.41) is 19.4. The molecule has 0 saturated carbocycles. The number of ether oxygens (including phenoxy) is 1. The predicted molar refractivity (Wildman–Crippen MR) is 141 cm³/mol. The maximum atomic E-state index is 13.5. The molecule has 2 aliphatic rings. The fourth-order valence-electron chi connectivity index (χ4n) is 5.07. The van der Waals surface area contributed by atoms with Gasteiger partial charge in [-0.05, 0) is 29.8 Å². The number of nitrogens with zero attached hydrogens (tertiary/aromatic N) is 8. The summed E-state index contributed by atoms with van der Waals surface area (Å²) in [4.78, 5) is 16.5. The maximum absolute atomic E-state index is 13.5. The van der Waals surface area contributed by atoms with E-state index in [0.29, 0.717) is 61.2 Å². The van der Waals surface area contributed by atoms with Crippen molar-refractivity contribution in [2.75, 3.05) is 63.9 Å². The molecule has 0 aliphatic carbocycles. The summed E-state index contributed by atoms with van der Waals surface area (Å²) in [5.74, 6) is 1.11. The quantitative estimate of drug-likeness (QED) is 0.396. The highest BCUT2D eigenvalue weighted by Gasteiger charge is 2.23. The third-order valence-electron chi connectivity index (χ3n) is 7.19. The number of piperazine rings is 1. The topological polar surface area (TPSA) is 95.7 Å². The monoisotopic (exact) mass is 518 g/mol. The summed E-state index contributed by atoms with van der Waals surface area (Å²) >= 11 is 0. The van der Waals surface area contributed by atoms with E-state index in [1.807, 2.05) is 22.9 Å². The van der Waals surface area contributed by atoms with Crippen molar-refractivity contribution in [1.82, 2.24) is 34.8 Å². The van der Waals surface area contributed by atoms with Crippen molar-refractivity contribution in [3.8, 4) is 17.1 Å². The molecule has 10 nitrogen and oxygen atoms in total. The summed E-state index contributed by atoms with van der Waals surface area (Å²) in [7, 11) is 0. The van der Waals surface area contributed by atoms with Crippen molar-refractivity contribution in [3.63, 3.8) is 0 Å². The molecule has 0 spiro atoms. The molecule has 2 aliphatic heterocycles. The number of halogens is 1. The minimum absolute atomic E-state index is 0.134. The Hall–Kier alpha value is -3.67. The molecule has 2 fully saturated rings. The van der Waals surface area contributed by atoms with Crippen LogP contribution in [0.2, 0.25) is 0 Å². The van der Waals surface area contributed by atoms with Crippen LogP contribution < -0.4 is 4.90 Å². The molecule has 2 saturated heterocycles. The summed E-state index contributed by atoms with van der Waals surface area (Å²) < 4.78 is 20.9. The first-order valence-electron chi connectivity index (χ1n) is 13.1. The lowest BCUT2D eigenvalue weighted by molar-refractivity contribution is 0.122. The normalized spacial score (nSPS) is 17.3. The molecule has 0 unspecified atom stereocenters. The van der Waals surface area contributed by atoms with Gasteiger partial charge in [0, 0.05) is 52.4 Å². The van der Waals surface area contributed by atoms with Crippen LogP contribution in [-0.4, -0.2) is 98.9 Å². The number of fused-ring (bicyclic) bond motifs is 1. The van der Waals surface area contributed by atoms with Gasteiger partial charge in [-0.1, -0.05) is 29.5 Å². The van der Waals surface area contributed by atoms with Crippen LogP contribution in [0.15, 0.2) is 48.5 Å². The first kappa shape index (κ1) is 24.7. The predicted octanol–water partition coefficient (Wildman–Crippen LogP) is 2.39. The molecule has 11 heteroatoms. The van der Waals surface area contributed by atoms with Gasteiger partial charge >= 0.3 is 0 Å². The second-order valence-electron chi connectivity index (χ2n) is 9.72. The van der Waals surface area contributed by atoms with E-state index in [4.69, 9.17) is 14.7 Å². The van der Waals surface area contributed by atoms with Gasteiger partial charge in [-0.15, -0.1) is 5.10 Å². The molecule has 4 heterocycles. The standard InChI is InChI=1S/C27H31FN8O2/c28-21-5-3-4-20(18-21)19-34-10-8-33(9-11-34)12-13-36-27-24(31-32-36)26(35-14-16-38-17-15-35)29-25(30-27)22-6-1-2-7-23(22)37/h1-7,18,37H,8-17,19H2. The highest BCUT2D eigenvalue weighted by Crippen LogP contribution is 2.31. The molecule has 2 aromatic carbocycles. The van der Waals surface area contributed by atoms with E-state index in [9.17, 15) is 9.50 Å². The Labute approximate surface area is 220 Å². The molecule has 38 heavy (non-hydrogen) atoms. The number of phenols is 1. The zero-order valence-corrected chi connectivity index (χ0v) is 21.2. The van der Waals surface area contributed by atoms with Gasteiger partial charge in [0.05, 0.1) is 25.3 Å². The van der Waals surface area contributed by atoms with Gasteiger partial charge in [0.15, 0.2) is 22.8 Å². The van der Waals surface area contributed by atoms with Crippen molar-refractivity contribution < 1.29 is 14.2 Å². The van der Waals surface area contributed by atoms with Gasteiger partial charge in [-0.2, -0.15) is 0 Å². The van der Waals surface area contributed by atoms with Crippen LogP contribution in [0.1, 0.15) is 5.56 Å². The number of aromatic nitrogens is 5. The zero-order valence-electron chi connectivity index (χ0n) is 21.2. The minimum atomic E-state index is -0.188. The summed E-state index contributed by atoms with van der Waals surface area (Å²) in [6.45, 7) is 8.58. The van der Waals surface area contributed by atoms with Gasteiger partial charge in [0.2, 0.25) is 0 Å². The van der Waals surface area contributed by atoms with Crippen molar-refractivity contribution in [2.24, 2.45) is 0 Å². The average Bonchev–Trinajstić information content (AvgIpc) is 3.36. The Kier molecular flexibility index (Phi) is 7.12. The van der Waals surface area contributed by atoms with Crippen LogP contribution in [0.5, 0.6) is 5.75 Å². The number of rotatable bonds is 7. The average molecular weight is 519 g/mol. The maximum Gasteiger partial charge on any atom is 0.184 e. The number of anilines is 1. The van der Waals surface area contributed by atoms with E-state index in [1.165, 1.54) is 6.07 Å². The third kappa shape index (κ3) is 5.31. The largest absolute Gasteiger partial charge is 0.507 e. The lowest BCUT2D eigenvalue weighted by Crippen LogP contribution is -2.46. The first-order valence-corrected chi connectivity index (χ1v) is 13.1.